The fourth-order valence-electron chi connectivity index (χ4n) is 1.48. The monoisotopic (exact) mass is 283 g/mol. The number of hydrogen-bond acceptors (Lipinski definition) is 5. The molecule has 1 aromatic heterocycles. The lowest BCUT2D eigenvalue weighted by molar-refractivity contribution is 0.574. The lowest BCUT2D eigenvalue weighted by atomic mass is 10.2. The second-order valence-corrected chi connectivity index (χ2v) is 5.83. The molecule has 0 aliphatic carbocycles. The van der Waals surface area contributed by atoms with Crippen molar-refractivity contribution in [3.05, 3.63) is 46.7 Å². The van der Waals surface area contributed by atoms with Gasteiger partial charge in [-0.15, -0.1) is 23.1 Å². The molecule has 0 saturated carbocycles. The summed E-state index contributed by atoms with van der Waals surface area (Å²) in [5, 5.41) is 3.00. The molecule has 3 N–H and O–H groups in total. The number of hydrazine groups is 1. The molecule has 0 amide bonds. The highest BCUT2D eigenvalue weighted by Gasteiger charge is 2.10. The smallest absolute Gasteiger partial charge is 0.124 e. The number of halogens is 1. The first-order valence-corrected chi connectivity index (χ1v) is 7.37. The van der Waals surface area contributed by atoms with Crippen LogP contribution in [-0.4, -0.2) is 16.8 Å². The van der Waals surface area contributed by atoms with E-state index in [0.717, 1.165) is 22.1 Å². The van der Waals surface area contributed by atoms with E-state index in [1.807, 2.05) is 11.4 Å². The Morgan fingerprint density at radius 3 is 3.06 bits per heavy atom. The molecule has 2 aromatic rings. The molecule has 1 atom stereocenters. The first kappa shape index (κ1) is 13.5. The van der Waals surface area contributed by atoms with E-state index in [9.17, 15) is 4.39 Å². The standard InChI is InChI=1S/C12H14FN3S2/c13-9-2-1-3-11(6-9)18-8-10(16-14)7-12-15-4-5-17-12/h1-6,10,16H,7-8,14H2. The summed E-state index contributed by atoms with van der Waals surface area (Å²) in [4.78, 5) is 5.14. The van der Waals surface area contributed by atoms with Gasteiger partial charge in [0.25, 0.3) is 0 Å². The zero-order valence-corrected chi connectivity index (χ0v) is 11.3. The predicted octanol–water partition coefficient (Wildman–Crippen LogP) is 2.45. The van der Waals surface area contributed by atoms with Crippen molar-refractivity contribution in [3.63, 3.8) is 0 Å². The Bertz CT molecular complexity index is 476. The minimum atomic E-state index is -0.211. The number of rotatable bonds is 6. The summed E-state index contributed by atoms with van der Waals surface area (Å²) < 4.78 is 13.0. The summed E-state index contributed by atoms with van der Waals surface area (Å²) in [5.41, 5.74) is 2.78. The predicted molar refractivity (Wildman–Crippen MR) is 74.1 cm³/mol. The lowest BCUT2D eigenvalue weighted by Crippen LogP contribution is -2.38. The summed E-state index contributed by atoms with van der Waals surface area (Å²) in [7, 11) is 0. The third kappa shape index (κ3) is 4.06. The first-order chi connectivity index (χ1) is 8.78. The number of thiazole rings is 1. The summed E-state index contributed by atoms with van der Waals surface area (Å²) in [6, 6.07) is 6.71. The average Bonchev–Trinajstić information content (AvgIpc) is 2.87. The SMILES string of the molecule is NNC(CSc1cccc(F)c1)Cc1nccs1. The summed E-state index contributed by atoms with van der Waals surface area (Å²) in [5.74, 6) is 6.09. The van der Waals surface area contributed by atoms with Crippen LogP contribution in [0.1, 0.15) is 5.01 Å². The molecule has 2 rings (SSSR count). The maximum atomic E-state index is 13.0. The van der Waals surface area contributed by atoms with Crippen molar-refractivity contribution >= 4 is 23.1 Å². The van der Waals surface area contributed by atoms with Gasteiger partial charge in [-0.3, -0.25) is 11.3 Å². The normalized spacial score (nSPS) is 12.6. The maximum absolute atomic E-state index is 13.0. The van der Waals surface area contributed by atoms with Crippen LogP contribution in [0.3, 0.4) is 0 Å². The Balaban J connectivity index is 1.87. The van der Waals surface area contributed by atoms with Crippen LogP contribution in [0.2, 0.25) is 0 Å². The van der Waals surface area contributed by atoms with Crippen molar-refractivity contribution in [1.82, 2.24) is 10.4 Å². The molecule has 1 aromatic carbocycles. The quantitative estimate of drug-likeness (QED) is 0.486. The maximum Gasteiger partial charge on any atom is 0.124 e. The Labute approximate surface area is 114 Å². The van der Waals surface area contributed by atoms with Crippen molar-refractivity contribution in [1.29, 1.82) is 0 Å². The van der Waals surface area contributed by atoms with E-state index in [1.54, 1.807) is 35.4 Å². The van der Waals surface area contributed by atoms with Crippen molar-refractivity contribution in [3.8, 4) is 0 Å². The number of nitrogens with one attached hydrogen (secondary N) is 1. The molecule has 0 spiro atoms. The van der Waals surface area contributed by atoms with Crippen LogP contribution in [0.15, 0.2) is 40.7 Å². The van der Waals surface area contributed by atoms with E-state index >= 15 is 0 Å². The van der Waals surface area contributed by atoms with Gasteiger partial charge < -0.3 is 0 Å². The van der Waals surface area contributed by atoms with E-state index in [0.29, 0.717) is 0 Å². The number of hydrogen-bond donors (Lipinski definition) is 2. The fraction of sp³-hybridized carbons (Fsp3) is 0.250. The van der Waals surface area contributed by atoms with Gasteiger partial charge in [-0.25, -0.2) is 9.37 Å². The first-order valence-electron chi connectivity index (χ1n) is 5.51. The highest BCUT2D eigenvalue weighted by Crippen LogP contribution is 2.20. The largest absolute Gasteiger partial charge is 0.271 e. The van der Waals surface area contributed by atoms with Gasteiger partial charge in [0.15, 0.2) is 0 Å². The van der Waals surface area contributed by atoms with Gasteiger partial charge in [0.2, 0.25) is 0 Å². The van der Waals surface area contributed by atoms with Crippen molar-refractivity contribution in [2.24, 2.45) is 5.84 Å². The van der Waals surface area contributed by atoms with E-state index in [-0.39, 0.29) is 11.9 Å². The molecule has 0 aliphatic heterocycles. The lowest BCUT2D eigenvalue weighted by Gasteiger charge is -2.13. The third-order valence-electron chi connectivity index (χ3n) is 2.39. The van der Waals surface area contributed by atoms with Gasteiger partial charge >= 0.3 is 0 Å². The molecule has 18 heavy (non-hydrogen) atoms. The van der Waals surface area contributed by atoms with Gasteiger partial charge in [0.1, 0.15) is 5.82 Å². The van der Waals surface area contributed by atoms with Crippen molar-refractivity contribution < 1.29 is 4.39 Å². The number of thioether (sulfide) groups is 1. The Kier molecular flexibility index (Phi) is 5.12. The van der Waals surface area contributed by atoms with E-state index in [4.69, 9.17) is 5.84 Å². The minimum Gasteiger partial charge on any atom is -0.271 e. The molecule has 1 unspecified atom stereocenters. The van der Waals surface area contributed by atoms with E-state index in [1.165, 1.54) is 12.1 Å². The molecule has 3 nitrogen and oxygen atoms in total. The number of nitrogens with two attached hydrogens (primary N) is 1. The molecule has 96 valence electrons. The molecule has 0 aliphatic rings. The average molecular weight is 283 g/mol. The van der Waals surface area contributed by atoms with Crippen LogP contribution in [0.5, 0.6) is 0 Å². The Morgan fingerprint density at radius 2 is 2.39 bits per heavy atom. The van der Waals surface area contributed by atoms with Gasteiger partial charge in [-0.1, -0.05) is 6.07 Å². The number of benzene rings is 1. The molecule has 1 heterocycles. The van der Waals surface area contributed by atoms with Crippen LogP contribution < -0.4 is 11.3 Å². The van der Waals surface area contributed by atoms with Gasteiger partial charge in [-0.2, -0.15) is 0 Å². The van der Waals surface area contributed by atoms with Crippen LogP contribution in [0.4, 0.5) is 4.39 Å². The second kappa shape index (κ2) is 6.84. The van der Waals surface area contributed by atoms with Gasteiger partial charge in [-0.05, 0) is 18.2 Å². The second-order valence-electron chi connectivity index (χ2n) is 3.76. The Morgan fingerprint density at radius 1 is 1.50 bits per heavy atom. The van der Waals surface area contributed by atoms with Crippen LogP contribution in [0, 0.1) is 5.82 Å². The van der Waals surface area contributed by atoms with Crippen LogP contribution in [0.25, 0.3) is 0 Å². The summed E-state index contributed by atoms with van der Waals surface area (Å²) >= 11 is 3.20. The molecule has 0 saturated heterocycles. The Hall–Kier alpha value is -0.950. The number of nitrogens with zero attached hydrogens (tertiary/aromatic N) is 1. The third-order valence-corrected chi connectivity index (χ3v) is 4.35. The van der Waals surface area contributed by atoms with Crippen LogP contribution in [-0.2, 0) is 6.42 Å². The van der Waals surface area contributed by atoms with E-state index in [2.05, 4.69) is 10.4 Å². The molecule has 6 heteroatoms. The van der Waals surface area contributed by atoms with Gasteiger partial charge in [0, 0.05) is 34.7 Å². The summed E-state index contributed by atoms with van der Waals surface area (Å²) in [6.45, 7) is 0. The van der Waals surface area contributed by atoms with E-state index < -0.39 is 0 Å². The fourth-order valence-corrected chi connectivity index (χ4v) is 3.16. The molecule has 0 radical (unpaired) electrons. The highest BCUT2D eigenvalue weighted by molar-refractivity contribution is 7.99. The molecule has 0 bridgehead atoms. The topological polar surface area (TPSA) is 50.9 Å². The molecular formula is C12H14FN3S2. The molecule has 0 fully saturated rings. The van der Waals surface area contributed by atoms with Crippen molar-refractivity contribution in [2.45, 2.75) is 17.4 Å². The summed E-state index contributed by atoms with van der Waals surface area (Å²) in [6.07, 6.45) is 2.57. The zero-order chi connectivity index (χ0) is 12.8. The zero-order valence-electron chi connectivity index (χ0n) is 9.67. The minimum absolute atomic E-state index is 0.129. The molecular weight excluding hydrogens is 269 g/mol. The number of aromatic nitrogens is 1. The van der Waals surface area contributed by atoms with Crippen LogP contribution >= 0.6 is 23.1 Å². The van der Waals surface area contributed by atoms with Crippen molar-refractivity contribution in [2.75, 3.05) is 5.75 Å². The highest BCUT2D eigenvalue weighted by atomic mass is 32.2. The van der Waals surface area contributed by atoms with Gasteiger partial charge in [0.05, 0.1) is 5.01 Å².